The third-order valence-electron chi connectivity index (χ3n) is 7.38. The highest BCUT2D eigenvalue weighted by atomic mass is 19.2. The molecule has 7 heteroatoms. The van der Waals surface area contributed by atoms with Crippen LogP contribution < -0.4 is 9.47 Å². The van der Waals surface area contributed by atoms with Gasteiger partial charge in [0.05, 0.1) is 18.3 Å². The standard InChI is InChI=1S/C33H37F3O4/c1-3-5-19-38-25-12-7-22(8-13-25)27-16-17-28(32(36)31(27)35)23-9-14-26(15-10-23)40-33(37)24-11-18-30(29(34)21-24)39-20-6-4-2/h9-11,14-18,21-22,25H,3-8,12-13,19-20H2,1-2H3. The molecule has 1 saturated carbocycles. The Kier molecular flexibility index (Phi) is 10.6. The summed E-state index contributed by atoms with van der Waals surface area (Å²) in [6.07, 6.45) is 7.28. The highest BCUT2D eigenvalue weighted by Crippen LogP contribution is 2.38. The lowest BCUT2D eigenvalue weighted by molar-refractivity contribution is 0.0230. The molecule has 0 aromatic heterocycles. The topological polar surface area (TPSA) is 44.8 Å². The summed E-state index contributed by atoms with van der Waals surface area (Å²) in [5, 5.41) is 0. The van der Waals surface area contributed by atoms with Crippen LogP contribution in [0.1, 0.15) is 87.1 Å². The third-order valence-corrected chi connectivity index (χ3v) is 7.38. The van der Waals surface area contributed by atoms with Crippen LogP contribution in [-0.2, 0) is 4.74 Å². The Morgan fingerprint density at radius 2 is 1.52 bits per heavy atom. The van der Waals surface area contributed by atoms with Gasteiger partial charge in [0.15, 0.2) is 23.2 Å². The van der Waals surface area contributed by atoms with Gasteiger partial charge in [0.1, 0.15) is 5.75 Å². The van der Waals surface area contributed by atoms with Crippen molar-refractivity contribution >= 4 is 5.97 Å². The summed E-state index contributed by atoms with van der Waals surface area (Å²) in [6.45, 7) is 5.28. The van der Waals surface area contributed by atoms with E-state index in [2.05, 4.69) is 6.92 Å². The predicted octanol–water partition coefficient (Wildman–Crippen LogP) is 9.01. The number of hydrogen-bond donors (Lipinski definition) is 0. The van der Waals surface area contributed by atoms with Gasteiger partial charge in [-0.15, -0.1) is 0 Å². The van der Waals surface area contributed by atoms with Crippen LogP contribution in [-0.4, -0.2) is 25.3 Å². The average Bonchev–Trinajstić information content (AvgIpc) is 2.96. The van der Waals surface area contributed by atoms with Crippen molar-refractivity contribution in [2.24, 2.45) is 0 Å². The van der Waals surface area contributed by atoms with E-state index >= 15 is 8.78 Å². The molecule has 0 heterocycles. The van der Waals surface area contributed by atoms with Crippen LogP contribution >= 0.6 is 0 Å². The number of rotatable bonds is 12. The minimum Gasteiger partial charge on any atom is -0.491 e. The van der Waals surface area contributed by atoms with E-state index in [1.807, 2.05) is 6.92 Å². The first-order valence-corrected chi connectivity index (χ1v) is 14.3. The summed E-state index contributed by atoms with van der Waals surface area (Å²) in [7, 11) is 0. The van der Waals surface area contributed by atoms with Crippen molar-refractivity contribution in [3.8, 4) is 22.6 Å². The van der Waals surface area contributed by atoms with Gasteiger partial charge in [-0.25, -0.2) is 18.0 Å². The number of unbranched alkanes of at least 4 members (excludes halogenated alkanes) is 2. The van der Waals surface area contributed by atoms with Crippen LogP contribution in [0.5, 0.6) is 11.5 Å². The van der Waals surface area contributed by atoms with Gasteiger partial charge in [-0.2, -0.15) is 0 Å². The van der Waals surface area contributed by atoms with Crippen LogP contribution in [0.25, 0.3) is 11.1 Å². The maximum atomic E-state index is 15.2. The Morgan fingerprint density at radius 1 is 0.825 bits per heavy atom. The molecule has 0 saturated heterocycles. The number of carbonyl (C=O) groups is 1. The molecule has 0 N–H and O–H groups in total. The van der Waals surface area contributed by atoms with Gasteiger partial charge in [0, 0.05) is 12.2 Å². The lowest BCUT2D eigenvalue weighted by Crippen LogP contribution is -2.22. The fraction of sp³-hybridized carbons (Fsp3) is 0.424. The Balaban J connectivity index is 1.37. The Bertz CT molecular complexity index is 1270. The molecular weight excluding hydrogens is 517 g/mol. The zero-order valence-corrected chi connectivity index (χ0v) is 23.2. The quantitative estimate of drug-likeness (QED) is 0.127. The highest BCUT2D eigenvalue weighted by Gasteiger charge is 2.27. The molecule has 40 heavy (non-hydrogen) atoms. The van der Waals surface area contributed by atoms with Crippen LogP contribution in [0, 0.1) is 17.5 Å². The van der Waals surface area contributed by atoms with Gasteiger partial charge >= 0.3 is 5.97 Å². The Labute approximate surface area is 234 Å². The lowest BCUT2D eigenvalue weighted by atomic mass is 9.82. The fourth-order valence-corrected chi connectivity index (χ4v) is 4.98. The molecule has 4 nitrogen and oxygen atoms in total. The van der Waals surface area contributed by atoms with Crippen molar-refractivity contribution in [1.29, 1.82) is 0 Å². The lowest BCUT2D eigenvalue weighted by Gasteiger charge is -2.29. The van der Waals surface area contributed by atoms with E-state index in [1.165, 1.54) is 24.3 Å². The second-order valence-electron chi connectivity index (χ2n) is 10.3. The zero-order chi connectivity index (χ0) is 28.5. The first-order chi connectivity index (χ1) is 19.4. The third kappa shape index (κ3) is 7.45. The monoisotopic (exact) mass is 554 g/mol. The van der Waals surface area contributed by atoms with Crippen molar-refractivity contribution in [1.82, 2.24) is 0 Å². The van der Waals surface area contributed by atoms with Gasteiger partial charge in [-0.05, 0) is 85.9 Å². The van der Waals surface area contributed by atoms with Gasteiger partial charge < -0.3 is 14.2 Å². The number of ether oxygens (including phenoxy) is 3. The van der Waals surface area contributed by atoms with Crippen LogP contribution in [0.2, 0.25) is 0 Å². The van der Waals surface area contributed by atoms with E-state index in [0.29, 0.717) is 17.7 Å². The van der Waals surface area contributed by atoms with Crippen LogP contribution in [0.15, 0.2) is 54.6 Å². The van der Waals surface area contributed by atoms with Gasteiger partial charge in [-0.1, -0.05) is 51.0 Å². The SMILES string of the molecule is CCCCOc1ccc(C(=O)Oc2ccc(-c3ccc(C4CCC(OCCCC)CC4)c(F)c3F)cc2)cc1F. The molecule has 3 aromatic rings. The summed E-state index contributed by atoms with van der Waals surface area (Å²) in [4.78, 5) is 12.5. The molecule has 1 aliphatic rings. The predicted molar refractivity (Wildman–Crippen MR) is 149 cm³/mol. The largest absolute Gasteiger partial charge is 0.491 e. The second kappa shape index (κ2) is 14.4. The minimum absolute atomic E-state index is 0.0295. The molecule has 214 valence electrons. The summed E-state index contributed by atoms with van der Waals surface area (Å²) in [6, 6.07) is 13.3. The molecule has 0 bridgehead atoms. The first kappa shape index (κ1) is 29.7. The zero-order valence-electron chi connectivity index (χ0n) is 23.2. The Morgan fingerprint density at radius 3 is 2.20 bits per heavy atom. The average molecular weight is 555 g/mol. The molecule has 0 aliphatic heterocycles. The van der Waals surface area contributed by atoms with Gasteiger partial charge in [-0.3, -0.25) is 0 Å². The van der Waals surface area contributed by atoms with Crippen molar-refractivity contribution in [3.05, 3.63) is 83.2 Å². The molecule has 0 unspecified atom stereocenters. The number of halogens is 3. The number of esters is 1. The van der Waals surface area contributed by atoms with Crippen LogP contribution in [0.3, 0.4) is 0 Å². The molecule has 3 aromatic carbocycles. The fourth-order valence-electron chi connectivity index (χ4n) is 4.98. The van der Waals surface area contributed by atoms with Crippen molar-refractivity contribution in [2.45, 2.75) is 77.2 Å². The molecule has 1 aliphatic carbocycles. The maximum Gasteiger partial charge on any atom is 0.343 e. The number of hydrogen-bond acceptors (Lipinski definition) is 4. The van der Waals surface area contributed by atoms with Crippen LogP contribution in [0.4, 0.5) is 13.2 Å². The highest BCUT2D eigenvalue weighted by molar-refractivity contribution is 5.91. The smallest absolute Gasteiger partial charge is 0.343 e. The molecule has 1 fully saturated rings. The Hall–Kier alpha value is -3.32. The van der Waals surface area contributed by atoms with E-state index in [0.717, 1.165) is 64.0 Å². The van der Waals surface area contributed by atoms with Gasteiger partial charge in [0.25, 0.3) is 0 Å². The van der Waals surface area contributed by atoms with E-state index in [1.54, 1.807) is 24.3 Å². The second-order valence-corrected chi connectivity index (χ2v) is 10.3. The summed E-state index contributed by atoms with van der Waals surface area (Å²) >= 11 is 0. The summed E-state index contributed by atoms with van der Waals surface area (Å²) < 4.78 is 61.2. The van der Waals surface area contributed by atoms with Crippen molar-refractivity contribution < 1.29 is 32.2 Å². The normalized spacial score (nSPS) is 17.0. The summed E-state index contributed by atoms with van der Waals surface area (Å²) in [5.74, 6) is -2.83. The molecule has 0 amide bonds. The van der Waals surface area contributed by atoms with Crippen molar-refractivity contribution in [3.63, 3.8) is 0 Å². The first-order valence-electron chi connectivity index (χ1n) is 14.3. The number of carbonyl (C=O) groups excluding carboxylic acids is 1. The minimum atomic E-state index is -0.889. The molecule has 0 spiro atoms. The van der Waals surface area contributed by atoms with E-state index in [9.17, 15) is 9.18 Å². The molecule has 4 rings (SSSR count). The molecule has 0 radical (unpaired) electrons. The number of benzene rings is 3. The van der Waals surface area contributed by atoms with E-state index in [4.69, 9.17) is 14.2 Å². The molecule has 0 atom stereocenters. The maximum absolute atomic E-state index is 15.2. The van der Waals surface area contributed by atoms with Gasteiger partial charge in [0.2, 0.25) is 0 Å². The van der Waals surface area contributed by atoms with E-state index < -0.39 is 23.4 Å². The van der Waals surface area contributed by atoms with Crippen molar-refractivity contribution in [2.75, 3.05) is 13.2 Å². The van der Waals surface area contributed by atoms with E-state index in [-0.39, 0.29) is 34.6 Å². The summed E-state index contributed by atoms with van der Waals surface area (Å²) in [5.41, 5.74) is 1.04. The molecular formula is C33H37F3O4.